The third-order valence-corrected chi connectivity index (χ3v) is 3.46. The van der Waals surface area contributed by atoms with Crippen LogP contribution in [-0.2, 0) is 0 Å². The molecule has 22 heavy (non-hydrogen) atoms. The molecule has 0 aliphatic rings. The Bertz CT molecular complexity index is 796. The van der Waals surface area contributed by atoms with E-state index in [1.165, 1.54) is 0 Å². The average Bonchev–Trinajstić information content (AvgIpc) is 3.04. The largest absolute Gasteiger partial charge is 0.497 e. The molecule has 0 spiro atoms. The second kappa shape index (κ2) is 5.89. The van der Waals surface area contributed by atoms with Crippen molar-refractivity contribution < 1.29 is 13.9 Å². The third kappa shape index (κ3) is 2.53. The number of pyridine rings is 1. The van der Waals surface area contributed by atoms with Gasteiger partial charge < -0.3 is 13.9 Å². The average molecular weight is 296 g/mol. The number of hydrogen-bond donors (Lipinski definition) is 0. The van der Waals surface area contributed by atoms with Gasteiger partial charge in [-0.3, -0.25) is 4.98 Å². The molecule has 0 saturated heterocycles. The minimum atomic E-state index is 0.533. The number of aromatic nitrogens is 2. The Morgan fingerprint density at radius 3 is 2.64 bits per heavy atom. The molecule has 0 atom stereocenters. The van der Waals surface area contributed by atoms with Crippen molar-refractivity contribution in [2.45, 2.75) is 6.92 Å². The van der Waals surface area contributed by atoms with E-state index in [1.807, 2.05) is 31.2 Å². The van der Waals surface area contributed by atoms with Gasteiger partial charge in [0, 0.05) is 18.0 Å². The SMILES string of the molecule is COc1ccc(OC)c(-c2coc(-c3cnccc3C)n2)c1. The number of methoxy groups -OCH3 is 2. The zero-order valence-electron chi connectivity index (χ0n) is 12.7. The number of ether oxygens (including phenoxy) is 2. The van der Waals surface area contributed by atoms with E-state index in [1.54, 1.807) is 32.9 Å². The molecular weight excluding hydrogens is 280 g/mol. The molecular formula is C17H16N2O3. The second-order valence-electron chi connectivity index (χ2n) is 4.79. The Morgan fingerprint density at radius 1 is 1.05 bits per heavy atom. The van der Waals surface area contributed by atoms with E-state index < -0.39 is 0 Å². The number of nitrogens with zero attached hydrogens (tertiary/aromatic N) is 2. The van der Waals surface area contributed by atoms with Gasteiger partial charge in [0.2, 0.25) is 5.89 Å². The quantitative estimate of drug-likeness (QED) is 0.734. The summed E-state index contributed by atoms with van der Waals surface area (Å²) in [6, 6.07) is 7.48. The molecule has 0 unspecified atom stereocenters. The smallest absolute Gasteiger partial charge is 0.228 e. The lowest BCUT2D eigenvalue weighted by molar-refractivity contribution is 0.404. The highest BCUT2D eigenvalue weighted by molar-refractivity contribution is 5.70. The van der Waals surface area contributed by atoms with Gasteiger partial charge in [-0.15, -0.1) is 0 Å². The highest BCUT2D eigenvalue weighted by atomic mass is 16.5. The monoisotopic (exact) mass is 296 g/mol. The van der Waals surface area contributed by atoms with Crippen LogP contribution in [0.1, 0.15) is 5.56 Å². The molecule has 3 aromatic rings. The summed E-state index contributed by atoms with van der Waals surface area (Å²) in [6.07, 6.45) is 5.10. The van der Waals surface area contributed by atoms with E-state index in [9.17, 15) is 0 Å². The summed E-state index contributed by atoms with van der Waals surface area (Å²) in [5, 5.41) is 0. The zero-order chi connectivity index (χ0) is 15.5. The first-order chi connectivity index (χ1) is 10.7. The van der Waals surface area contributed by atoms with Crippen molar-refractivity contribution in [3.05, 3.63) is 48.5 Å². The molecule has 5 nitrogen and oxygen atoms in total. The lowest BCUT2D eigenvalue weighted by atomic mass is 10.1. The van der Waals surface area contributed by atoms with E-state index in [-0.39, 0.29) is 0 Å². The minimum Gasteiger partial charge on any atom is -0.497 e. The molecule has 0 aliphatic heterocycles. The van der Waals surface area contributed by atoms with Crippen LogP contribution in [0, 0.1) is 6.92 Å². The van der Waals surface area contributed by atoms with Crippen LogP contribution in [-0.4, -0.2) is 24.2 Å². The molecule has 0 aliphatic carbocycles. The number of aryl methyl sites for hydroxylation is 1. The summed E-state index contributed by atoms with van der Waals surface area (Å²) in [4.78, 5) is 8.67. The molecule has 3 rings (SSSR count). The molecule has 5 heteroatoms. The Labute approximate surface area is 128 Å². The topological polar surface area (TPSA) is 57.4 Å². The minimum absolute atomic E-state index is 0.533. The van der Waals surface area contributed by atoms with Crippen LogP contribution < -0.4 is 9.47 Å². The number of oxazole rings is 1. The highest BCUT2D eigenvalue weighted by Gasteiger charge is 2.14. The molecule has 0 N–H and O–H groups in total. The molecule has 0 fully saturated rings. The first kappa shape index (κ1) is 14.1. The van der Waals surface area contributed by atoms with Gasteiger partial charge in [0.15, 0.2) is 0 Å². The lowest BCUT2D eigenvalue weighted by Crippen LogP contribution is -1.91. The van der Waals surface area contributed by atoms with E-state index >= 15 is 0 Å². The fraction of sp³-hybridized carbons (Fsp3) is 0.176. The lowest BCUT2D eigenvalue weighted by Gasteiger charge is -2.07. The second-order valence-corrected chi connectivity index (χ2v) is 4.79. The molecule has 1 aromatic carbocycles. The van der Waals surface area contributed by atoms with Crippen LogP contribution in [0.5, 0.6) is 11.5 Å². The van der Waals surface area contributed by atoms with E-state index in [0.717, 1.165) is 22.4 Å². The molecule has 0 amide bonds. The Balaban J connectivity index is 2.06. The molecule has 112 valence electrons. The van der Waals surface area contributed by atoms with Gasteiger partial charge in [0.25, 0.3) is 0 Å². The van der Waals surface area contributed by atoms with Crippen molar-refractivity contribution in [2.75, 3.05) is 14.2 Å². The molecule has 2 aromatic heterocycles. The van der Waals surface area contributed by atoms with Crippen molar-refractivity contribution in [3.8, 4) is 34.2 Å². The van der Waals surface area contributed by atoms with Gasteiger partial charge in [-0.05, 0) is 36.8 Å². The summed E-state index contributed by atoms with van der Waals surface area (Å²) in [5.41, 5.74) is 3.43. The van der Waals surface area contributed by atoms with E-state index in [2.05, 4.69) is 9.97 Å². The first-order valence-corrected chi connectivity index (χ1v) is 6.82. The van der Waals surface area contributed by atoms with Crippen molar-refractivity contribution in [3.63, 3.8) is 0 Å². The molecule has 0 saturated carbocycles. The fourth-order valence-corrected chi connectivity index (χ4v) is 2.22. The predicted molar refractivity (Wildman–Crippen MR) is 83.0 cm³/mol. The van der Waals surface area contributed by atoms with Gasteiger partial charge in [0.1, 0.15) is 23.5 Å². The zero-order valence-corrected chi connectivity index (χ0v) is 12.7. The summed E-state index contributed by atoms with van der Waals surface area (Å²) in [5.74, 6) is 1.98. The Kier molecular flexibility index (Phi) is 3.78. The van der Waals surface area contributed by atoms with Gasteiger partial charge in [-0.2, -0.15) is 0 Å². The summed E-state index contributed by atoms with van der Waals surface area (Å²) in [6.45, 7) is 1.99. The Morgan fingerprint density at radius 2 is 1.91 bits per heavy atom. The van der Waals surface area contributed by atoms with Crippen LogP contribution in [0.25, 0.3) is 22.7 Å². The summed E-state index contributed by atoms with van der Waals surface area (Å²) in [7, 11) is 3.25. The predicted octanol–water partition coefficient (Wildman–Crippen LogP) is 3.73. The maximum Gasteiger partial charge on any atom is 0.228 e. The van der Waals surface area contributed by atoms with Gasteiger partial charge in [0.05, 0.1) is 19.8 Å². The van der Waals surface area contributed by atoms with Crippen molar-refractivity contribution >= 4 is 0 Å². The van der Waals surface area contributed by atoms with Crippen molar-refractivity contribution in [1.82, 2.24) is 9.97 Å². The maximum atomic E-state index is 5.61. The van der Waals surface area contributed by atoms with Gasteiger partial charge in [-0.25, -0.2) is 4.98 Å². The standard InChI is InChI=1S/C17H16N2O3/c1-11-6-7-18-9-14(11)17-19-15(10-22-17)13-8-12(20-2)4-5-16(13)21-3/h4-10H,1-3H3. The van der Waals surface area contributed by atoms with Gasteiger partial charge >= 0.3 is 0 Å². The molecule has 0 radical (unpaired) electrons. The summed E-state index contributed by atoms with van der Waals surface area (Å²) >= 11 is 0. The summed E-state index contributed by atoms with van der Waals surface area (Å²) < 4.78 is 16.3. The Hall–Kier alpha value is -2.82. The number of rotatable bonds is 4. The first-order valence-electron chi connectivity index (χ1n) is 6.82. The van der Waals surface area contributed by atoms with Crippen LogP contribution in [0.3, 0.4) is 0 Å². The molecule has 0 bridgehead atoms. The number of hydrogen-bond acceptors (Lipinski definition) is 5. The van der Waals surface area contributed by atoms with Crippen LogP contribution >= 0.6 is 0 Å². The van der Waals surface area contributed by atoms with E-state index in [0.29, 0.717) is 17.3 Å². The normalized spacial score (nSPS) is 10.5. The highest BCUT2D eigenvalue weighted by Crippen LogP contribution is 2.34. The van der Waals surface area contributed by atoms with Crippen molar-refractivity contribution in [1.29, 1.82) is 0 Å². The van der Waals surface area contributed by atoms with Crippen LogP contribution in [0.15, 0.2) is 47.3 Å². The van der Waals surface area contributed by atoms with Crippen molar-refractivity contribution in [2.24, 2.45) is 0 Å². The van der Waals surface area contributed by atoms with Crippen LogP contribution in [0.2, 0.25) is 0 Å². The fourth-order valence-electron chi connectivity index (χ4n) is 2.22. The number of benzene rings is 1. The van der Waals surface area contributed by atoms with Crippen LogP contribution in [0.4, 0.5) is 0 Å². The molecule has 2 heterocycles. The maximum absolute atomic E-state index is 5.61. The van der Waals surface area contributed by atoms with Gasteiger partial charge in [-0.1, -0.05) is 0 Å². The third-order valence-electron chi connectivity index (χ3n) is 3.46. The van der Waals surface area contributed by atoms with E-state index in [4.69, 9.17) is 13.9 Å².